The molecule has 5 aromatic rings. The SMILES string of the molecule is Cc1ccc(O)c(C(=O)c2cc(C(=O)c3ccc([N+](=O)[O-])cc3)n3ccc4ccccc4c23)c1. The first-order chi connectivity index (χ1) is 16.3. The number of rotatable bonds is 5. The monoisotopic (exact) mass is 450 g/mol. The van der Waals surface area contributed by atoms with Crippen molar-refractivity contribution in [1.29, 1.82) is 0 Å². The second-order valence-corrected chi connectivity index (χ2v) is 8.05. The number of nitro benzene ring substituents is 1. The number of hydrogen-bond acceptors (Lipinski definition) is 5. The van der Waals surface area contributed by atoms with E-state index in [2.05, 4.69) is 0 Å². The summed E-state index contributed by atoms with van der Waals surface area (Å²) < 4.78 is 1.66. The first kappa shape index (κ1) is 21.1. The van der Waals surface area contributed by atoms with Gasteiger partial charge in [0.15, 0.2) is 5.78 Å². The molecule has 166 valence electrons. The van der Waals surface area contributed by atoms with E-state index in [4.69, 9.17) is 0 Å². The Labute approximate surface area is 193 Å². The number of nitro groups is 1. The number of carbonyl (C=O) groups is 2. The number of aromatic hydroxyl groups is 1. The van der Waals surface area contributed by atoms with E-state index in [-0.39, 0.29) is 39.6 Å². The van der Waals surface area contributed by atoms with Crippen molar-refractivity contribution in [2.45, 2.75) is 6.92 Å². The van der Waals surface area contributed by atoms with E-state index in [9.17, 15) is 24.8 Å². The number of benzene rings is 3. The van der Waals surface area contributed by atoms with Crippen LogP contribution in [-0.4, -0.2) is 26.0 Å². The molecule has 0 unspecified atom stereocenters. The summed E-state index contributed by atoms with van der Waals surface area (Å²) in [6, 6.07) is 21.0. The van der Waals surface area contributed by atoms with Crippen molar-refractivity contribution in [1.82, 2.24) is 4.40 Å². The van der Waals surface area contributed by atoms with Gasteiger partial charge in [-0.3, -0.25) is 19.7 Å². The van der Waals surface area contributed by atoms with Crippen LogP contribution in [0, 0.1) is 17.0 Å². The van der Waals surface area contributed by atoms with E-state index in [0.29, 0.717) is 5.52 Å². The van der Waals surface area contributed by atoms with Crippen LogP contribution in [0.25, 0.3) is 16.3 Å². The third kappa shape index (κ3) is 3.40. The highest BCUT2D eigenvalue weighted by Gasteiger charge is 2.24. The van der Waals surface area contributed by atoms with Crippen molar-refractivity contribution < 1.29 is 19.6 Å². The smallest absolute Gasteiger partial charge is 0.269 e. The molecule has 0 atom stereocenters. The minimum atomic E-state index is -0.530. The lowest BCUT2D eigenvalue weighted by molar-refractivity contribution is -0.384. The zero-order valence-electron chi connectivity index (χ0n) is 18.1. The van der Waals surface area contributed by atoms with Gasteiger partial charge >= 0.3 is 0 Å². The first-order valence-electron chi connectivity index (χ1n) is 10.5. The summed E-state index contributed by atoms with van der Waals surface area (Å²) in [5, 5.41) is 23.0. The summed E-state index contributed by atoms with van der Waals surface area (Å²) in [5.41, 5.74) is 2.18. The molecule has 0 radical (unpaired) electrons. The molecular weight excluding hydrogens is 432 g/mol. The Morgan fingerprint density at radius 3 is 2.35 bits per heavy atom. The minimum absolute atomic E-state index is 0.117. The van der Waals surface area contributed by atoms with Crippen LogP contribution in [0.5, 0.6) is 5.75 Å². The molecule has 1 N–H and O–H groups in total. The number of non-ortho nitro benzene ring substituents is 1. The number of aromatic nitrogens is 1. The van der Waals surface area contributed by atoms with Crippen molar-refractivity contribution in [2.24, 2.45) is 0 Å². The van der Waals surface area contributed by atoms with Crippen LogP contribution in [0.2, 0.25) is 0 Å². The van der Waals surface area contributed by atoms with Gasteiger partial charge in [-0.1, -0.05) is 35.9 Å². The number of ketones is 2. The molecular formula is C27H18N2O5. The fourth-order valence-electron chi connectivity index (χ4n) is 4.17. The Bertz CT molecular complexity index is 1630. The molecule has 2 heterocycles. The predicted octanol–water partition coefficient (Wildman–Crippen LogP) is 5.48. The lowest BCUT2D eigenvalue weighted by atomic mass is 9.99. The maximum atomic E-state index is 13.6. The van der Waals surface area contributed by atoms with Gasteiger partial charge in [0.1, 0.15) is 5.75 Å². The van der Waals surface area contributed by atoms with E-state index in [1.54, 1.807) is 22.7 Å². The molecule has 7 heteroatoms. The summed E-state index contributed by atoms with van der Waals surface area (Å²) in [6.07, 6.45) is 1.73. The molecule has 5 rings (SSSR count). The van der Waals surface area contributed by atoms with E-state index in [1.165, 1.54) is 36.4 Å². The van der Waals surface area contributed by atoms with Crippen molar-refractivity contribution in [2.75, 3.05) is 0 Å². The third-order valence-corrected chi connectivity index (χ3v) is 5.87. The van der Waals surface area contributed by atoms with E-state index in [1.807, 2.05) is 37.3 Å². The number of nitrogens with zero attached hydrogens (tertiary/aromatic N) is 2. The number of fused-ring (bicyclic) bond motifs is 3. The summed E-state index contributed by atoms with van der Waals surface area (Å²) in [6.45, 7) is 1.83. The molecule has 0 spiro atoms. The molecule has 0 saturated heterocycles. The average Bonchev–Trinajstić information content (AvgIpc) is 3.25. The summed E-state index contributed by atoms with van der Waals surface area (Å²) in [7, 11) is 0. The van der Waals surface area contributed by atoms with Gasteiger partial charge in [0.25, 0.3) is 5.69 Å². The van der Waals surface area contributed by atoms with Crippen LogP contribution in [0.15, 0.2) is 85.1 Å². The third-order valence-electron chi connectivity index (χ3n) is 5.87. The highest BCUT2D eigenvalue weighted by molar-refractivity contribution is 6.21. The first-order valence-corrected chi connectivity index (χ1v) is 10.5. The maximum absolute atomic E-state index is 13.6. The number of phenols is 1. The second-order valence-electron chi connectivity index (χ2n) is 8.05. The highest BCUT2D eigenvalue weighted by Crippen LogP contribution is 2.31. The van der Waals surface area contributed by atoms with Crippen LogP contribution in [0.1, 0.15) is 37.5 Å². The van der Waals surface area contributed by atoms with Crippen LogP contribution >= 0.6 is 0 Å². The quantitative estimate of drug-likeness (QED) is 0.217. The fraction of sp³-hybridized carbons (Fsp3) is 0.0370. The van der Waals surface area contributed by atoms with E-state index >= 15 is 0 Å². The zero-order chi connectivity index (χ0) is 24.0. The van der Waals surface area contributed by atoms with Gasteiger partial charge in [-0.25, -0.2) is 0 Å². The molecule has 2 aromatic heterocycles. The number of pyridine rings is 1. The summed E-state index contributed by atoms with van der Waals surface area (Å²) in [5.74, 6) is -0.927. The predicted molar refractivity (Wildman–Crippen MR) is 128 cm³/mol. The Morgan fingerprint density at radius 1 is 0.882 bits per heavy atom. The van der Waals surface area contributed by atoms with Crippen molar-refractivity contribution in [3.8, 4) is 5.75 Å². The van der Waals surface area contributed by atoms with Crippen LogP contribution in [0.4, 0.5) is 5.69 Å². The zero-order valence-corrected chi connectivity index (χ0v) is 18.1. The molecule has 7 nitrogen and oxygen atoms in total. The van der Waals surface area contributed by atoms with Gasteiger partial charge in [0.2, 0.25) is 5.78 Å². The van der Waals surface area contributed by atoms with E-state index in [0.717, 1.165) is 16.3 Å². The lowest BCUT2D eigenvalue weighted by Crippen LogP contribution is -2.05. The second kappa shape index (κ2) is 7.97. The molecule has 0 amide bonds. The Morgan fingerprint density at radius 2 is 1.62 bits per heavy atom. The highest BCUT2D eigenvalue weighted by atomic mass is 16.6. The number of aryl methyl sites for hydroxylation is 1. The van der Waals surface area contributed by atoms with Gasteiger partial charge in [0.05, 0.1) is 21.7 Å². The van der Waals surface area contributed by atoms with Crippen LogP contribution in [0.3, 0.4) is 0 Å². The molecule has 0 aliphatic heterocycles. The van der Waals surface area contributed by atoms with Gasteiger partial charge in [-0.15, -0.1) is 0 Å². The summed E-state index contributed by atoms with van der Waals surface area (Å²) in [4.78, 5) is 37.5. The van der Waals surface area contributed by atoms with Crippen LogP contribution in [-0.2, 0) is 0 Å². The number of phenolic OH excluding ortho intramolecular Hbond substituents is 1. The van der Waals surface area contributed by atoms with Crippen molar-refractivity contribution in [3.63, 3.8) is 0 Å². The molecule has 0 saturated carbocycles. The normalized spacial score (nSPS) is 11.1. The van der Waals surface area contributed by atoms with Gasteiger partial charge in [0, 0.05) is 34.8 Å². The number of hydrogen-bond donors (Lipinski definition) is 1. The molecule has 0 aliphatic carbocycles. The van der Waals surface area contributed by atoms with Gasteiger partial charge in [-0.05, 0) is 48.7 Å². The minimum Gasteiger partial charge on any atom is -0.507 e. The maximum Gasteiger partial charge on any atom is 0.269 e. The van der Waals surface area contributed by atoms with Gasteiger partial charge in [-0.2, -0.15) is 0 Å². The molecule has 3 aromatic carbocycles. The average molecular weight is 450 g/mol. The molecule has 0 bridgehead atoms. The van der Waals surface area contributed by atoms with Crippen molar-refractivity contribution in [3.05, 3.63) is 123 Å². The fourth-order valence-corrected chi connectivity index (χ4v) is 4.17. The lowest BCUT2D eigenvalue weighted by Gasteiger charge is -2.08. The standard InChI is InChI=1S/C27H18N2O5/c1-16-6-11-24(30)21(14-16)27(32)22-15-23(26(31)18-7-9-19(10-8-18)29(33)34)28-13-12-17-4-2-3-5-20(17)25(22)28/h2-15,30H,1H3. The number of carbonyl (C=O) groups excluding carboxylic acids is 2. The Hall–Kier alpha value is -4.78. The van der Waals surface area contributed by atoms with E-state index < -0.39 is 10.7 Å². The van der Waals surface area contributed by atoms with Gasteiger partial charge < -0.3 is 9.51 Å². The Kier molecular flexibility index (Phi) is 4.94. The molecule has 34 heavy (non-hydrogen) atoms. The molecule has 0 fully saturated rings. The largest absolute Gasteiger partial charge is 0.507 e. The van der Waals surface area contributed by atoms with Crippen molar-refractivity contribution >= 4 is 33.5 Å². The Balaban J connectivity index is 1.75. The molecule has 0 aliphatic rings. The topological polar surface area (TPSA) is 102 Å². The summed E-state index contributed by atoms with van der Waals surface area (Å²) >= 11 is 0. The van der Waals surface area contributed by atoms with Crippen LogP contribution < -0.4 is 0 Å².